The topological polar surface area (TPSA) is 124 Å². The summed E-state index contributed by atoms with van der Waals surface area (Å²) < 4.78 is 0. The van der Waals surface area contributed by atoms with Crippen molar-refractivity contribution in [3.05, 3.63) is 22.2 Å². The number of hydrogen-bond acceptors (Lipinski definition) is 6. The van der Waals surface area contributed by atoms with Crippen LogP contribution < -0.4 is 5.73 Å². The van der Waals surface area contributed by atoms with Gasteiger partial charge in [-0.2, -0.15) is 5.11 Å². The second kappa shape index (κ2) is 2.68. The maximum atomic E-state index is 8.25. The van der Waals surface area contributed by atoms with Crippen molar-refractivity contribution in [2.24, 2.45) is 31.3 Å². The fraction of sp³-hybridized carbons (Fsp3) is 0.200. The highest BCUT2D eigenvalue weighted by atomic mass is 15.4. The minimum absolute atomic E-state index is 0.240. The first-order valence-electron chi connectivity index (χ1n) is 3.40. The molecule has 2 rings (SSSR count). The van der Waals surface area contributed by atoms with Crippen molar-refractivity contribution in [2.45, 2.75) is 6.04 Å². The molecular formula is C5H4N8. The van der Waals surface area contributed by atoms with E-state index in [0.29, 0.717) is 11.5 Å². The molecule has 0 aromatic heterocycles. The summed E-state index contributed by atoms with van der Waals surface area (Å²) in [6.07, 6.45) is 1.45. The Morgan fingerprint density at radius 3 is 3.23 bits per heavy atom. The third-order valence-electron chi connectivity index (χ3n) is 1.54. The van der Waals surface area contributed by atoms with Crippen molar-refractivity contribution >= 4 is 11.7 Å². The van der Waals surface area contributed by atoms with Crippen LogP contribution in [0.2, 0.25) is 0 Å². The van der Waals surface area contributed by atoms with Crippen LogP contribution >= 0.6 is 0 Å². The number of rotatable bonds is 1. The fourth-order valence-corrected chi connectivity index (χ4v) is 1.03. The van der Waals surface area contributed by atoms with E-state index in [1.165, 1.54) is 6.08 Å². The Morgan fingerprint density at radius 1 is 1.62 bits per heavy atom. The van der Waals surface area contributed by atoms with Gasteiger partial charge in [0.1, 0.15) is 5.84 Å². The van der Waals surface area contributed by atoms with Gasteiger partial charge in [0.15, 0.2) is 11.9 Å². The zero-order chi connectivity index (χ0) is 9.26. The molecule has 2 aliphatic rings. The lowest BCUT2D eigenvalue weighted by atomic mass is 10.1. The average Bonchev–Trinajstić information content (AvgIpc) is 2.52. The highest BCUT2D eigenvalue weighted by molar-refractivity contribution is 6.08. The van der Waals surface area contributed by atoms with Crippen LogP contribution in [0.25, 0.3) is 10.4 Å². The number of nitrogens with two attached hydrogens (primary N) is 1. The molecule has 0 aliphatic carbocycles. The monoisotopic (exact) mass is 176 g/mol. The van der Waals surface area contributed by atoms with Gasteiger partial charge in [-0.1, -0.05) is 5.11 Å². The lowest BCUT2D eigenvalue weighted by Gasteiger charge is -2.10. The van der Waals surface area contributed by atoms with E-state index in [2.05, 4.69) is 30.5 Å². The van der Waals surface area contributed by atoms with Gasteiger partial charge in [0.2, 0.25) is 0 Å². The Hall–Kier alpha value is -2.21. The molecule has 0 bridgehead atoms. The van der Waals surface area contributed by atoms with Crippen LogP contribution in [0, 0.1) is 0 Å². The van der Waals surface area contributed by atoms with Crippen LogP contribution in [0.1, 0.15) is 0 Å². The van der Waals surface area contributed by atoms with E-state index in [0.717, 1.165) is 0 Å². The third-order valence-corrected chi connectivity index (χ3v) is 1.54. The lowest BCUT2D eigenvalue weighted by Crippen LogP contribution is -2.25. The number of azide groups is 1. The highest BCUT2D eigenvalue weighted by Gasteiger charge is 2.27. The van der Waals surface area contributed by atoms with Gasteiger partial charge in [-0.25, -0.2) is 4.99 Å². The number of amidine groups is 2. The minimum atomic E-state index is -0.483. The van der Waals surface area contributed by atoms with Gasteiger partial charge in [0.25, 0.3) is 0 Å². The normalized spacial score (nSPS) is 24.0. The van der Waals surface area contributed by atoms with Crippen LogP contribution in [-0.2, 0) is 0 Å². The van der Waals surface area contributed by atoms with Gasteiger partial charge in [0.05, 0.1) is 5.70 Å². The standard InChI is InChI=1S/C5H4N8/c6-3-1-2(9-12-7)4-5(8-3)11-13-10-4/h1,4H,(H2,6,8,10,11). The van der Waals surface area contributed by atoms with Crippen LogP contribution in [-0.4, -0.2) is 17.7 Å². The maximum Gasteiger partial charge on any atom is 0.185 e. The summed E-state index contributed by atoms with van der Waals surface area (Å²) in [5.74, 6) is 0.604. The zero-order valence-electron chi connectivity index (χ0n) is 6.36. The molecule has 0 aromatic carbocycles. The maximum absolute atomic E-state index is 8.25. The summed E-state index contributed by atoms with van der Waals surface area (Å²) >= 11 is 0. The molecular weight excluding hydrogens is 172 g/mol. The van der Waals surface area contributed by atoms with Gasteiger partial charge >= 0.3 is 0 Å². The molecule has 13 heavy (non-hydrogen) atoms. The van der Waals surface area contributed by atoms with Crippen molar-refractivity contribution in [3.63, 3.8) is 0 Å². The molecule has 0 spiro atoms. The van der Waals surface area contributed by atoms with Crippen molar-refractivity contribution in [3.8, 4) is 0 Å². The molecule has 1 atom stereocenters. The molecule has 2 N–H and O–H groups in total. The number of aliphatic imine (C=N–C) groups is 1. The Labute approximate surface area is 72.2 Å². The number of nitrogens with zero attached hydrogens (tertiary/aromatic N) is 7. The van der Waals surface area contributed by atoms with E-state index in [1.54, 1.807) is 0 Å². The Kier molecular flexibility index (Phi) is 1.54. The van der Waals surface area contributed by atoms with Crippen LogP contribution in [0.3, 0.4) is 0 Å². The summed E-state index contributed by atoms with van der Waals surface area (Å²) in [4.78, 5) is 6.52. The van der Waals surface area contributed by atoms with Crippen molar-refractivity contribution in [1.29, 1.82) is 0 Å². The molecule has 0 saturated heterocycles. The Morgan fingerprint density at radius 2 is 2.46 bits per heavy atom. The van der Waals surface area contributed by atoms with E-state index < -0.39 is 6.04 Å². The minimum Gasteiger partial charge on any atom is -0.384 e. The van der Waals surface area contributed by atoms with Crippen molar-refractivity contribution in [2.75, 3.05) is 0 Å². The summed E-state index contributed by atoms with van der Waals surface area (Å²) in [7, 11) is 0. The first-order valence-corrected chi connectivity index (χ1v) is 3.40. The number of fused-ring (bicyclic) bond motifs is 1. The summed E-state index contributed by atoms with van der Waals surface area (Å²) in [5.41, 5.74) is 14.1. The predicted molar refractivity (Wildman–Crippen MR) is 44.9 cm³/mol. The van der Waals surface area contributed by atoms with Crippen LogP contribution in [0.4, 0.5) is 0 Å². The zero-order valence-corrected chi connectivity index (χ0v) is 6.36. The Balaban J connectivity index is 2.46. The second-order valence-electron chi connectivity index (χ2n) is 2.36. The molecule has 2 heterocycles. The number of dihydropyridines is 1. The van der Waals surface area contributed by atoms with E-state index in [4.69, 9.17) is 11.3 Å². The Bertz CT molecular complexity index is 406. The van der Waals surface area contributed by atoms with Gasteiger partial charge < -0.3 is 5.73 Å². The molecule has 0 aromatic rings. The van der Waals surface area contributed by atoms with Gasteiger partial charge in [-0.05, 0) is 16.8 Å². The number of hydrogen-bond donors (Lipinski definition) is 1. The summed E-state index contributed by atoms with van der Waals surface area (Å²) in [5, 5.41) is 14.2. The van der Waals surface area contributed by atoms with E-state index in [1.807, 2.05) is 0 Å². The first kappa shape index (κ1) is 7.44. The molecule has 2 aliphatic heterocycles. The van der Waals surface area contributed by atoms with E-state index >= 15 is 0 Å². The molecule has 0 radical (unpaired) electrons. The third kappa shape index (κ3) is 1.14. The molecule has 64 valence electrons. The molecule has 1 unspecified atom stereocenters. The van der Waals surface area contributed by atoms with Crippen LogP contribution in [0.15, 0.2) is 37.3 Å². The summed E-state index contributed by atoms with van der Waals surface area (Å²) in [6.45, 7) is 0. The second-order valence-corrected chi connectivity index (χ2v) is 2.36. The van der Waals surface area contributed by atoms with E-state index in [9.17, 15) is 0 Å². The predicted octanol–water partition coefficient (Wildman–Crippen LogP) is 0.699. The highest BCUT2D eigenvalue weighted by Crippen LogP contribution is 2.20. The smallest absolute Gasteiger partial charge is 0.185 e. The van der Waals surface area contributed by atoms with Crippen molar-refractivity contribution < 1.29 is 0 Å². The molecule has 0 amide bonds. The van der Waals surface area contributed by atoms with Gasteiger partial charge in [-0.3, -0.25) is 0 Å². The molecule has 0 saturated carbocycles. The largest absolute Gasteiger partial charge is 0.384 e. The quantitative estimate of drug-likeness (QED) is 0.352. The van der Waals surface area contributed by atoms with Gasteiger partial charge in [0, 0.05) is 4.91 Å². The first-order chi connectivity index (χ1) is 6.31. The molecule has 8 nitrogen and oxygen atoms in total. The molecule has 8 heteroatoms. The summed E-state index contributed by atoms with van der Waals surface area (Å²) in [6, 6.07) is -0.483. The molecule has 0 fully saturated rings. The lowest BCUT2D eigenvalue weighted by molar-refractivity contribution is 0.906. The van der Waals surface area contributed by atoms with E-state index in [-0.39, 0.29) is 5.84 Å². The van der Waals surface area contributed by atoms with Gasteiger partial charge in [-0.15, -0.1) is 5.10 Å². The van der Waals surface area contributed by atoms with Crippen LogP contribution in [0.5, 0.6) is 0 Å². The average molecular weight is 176 g/mol. The fourth-order valence-electron chi connectivity index (χ4n) is 1.03. The van der Waals surface area contributed by atoms with Crippen molar-refractivity contribution in [1.82, 2.24) is 0 Å². The SMILES string of the molecule is [N-]=[N+]=NC1=CC(N)=NC2=NN=NC12.